The van der Waals surface area contributed by atoms with Crippen molar-refractivity contribution in [2.75, 3.05) is 29.9 Å². The van der Waals surface area contributed by atoms with Crippen LogP contribution in [0.3, 0.4) is 0 Å². The number of nitrogens with one attached hydrogen (secondary N) is 2. The van der Waals surface area contributed by atoms with E-state index in [1.54, 1.807) is 36.2 Å². The zero-order valence-electron chi connectivity index (χ0n) is 22.8. The summed E-state index contributed by atoms with van der Waals surface area (Å²) in [5.74, 6) is -4.12. The van der Waals surface area contributed by atoms with E-state index in [-0.39, 0.29) is 41.9 Å². The Labute approximate surface area is 232 Å². The van der Waals surface area contributed by atoms with Crippen LogP contribution >= 0.6 is 11.6 Å². The minimum atomic E-state index is -2.76. The summed E-state index contributed by atoms with van der Waals surface area (Å²) in [6.45, 7) is 3.00. The van der Waals surface area contributed by atoms with Gasteiger partial charge < -0.3 is 24.8 Å². The summed E-state index contributed by atoms with van der Waals surface area (Å²) in [6, 6.07) is 6.90. The number of piperidine rings is 1. The fourth-order valence-electron chi connectivity index (χ4n) is 4.59. The lowest BCUT2D eigenvalue weighted by Crippen LogP contribution is -2.52. The Balaban J connectivity index is 1.58. The highest BCUT2D eigenvalue weighted by Crippen LogP contribution is 2.39. The average molecular weight is 556 g/mol. The molecule has 0 aliphatic carbocycles. The number of fused-ring (bicyclic) bond motifs is 1. The molecule has 2 atom stereocenters. The summed E-state index contributed by atoms with van der Waals surface area (Å²) >= 11 is 6.36. The molecule has 0 spiro atoms. The molecular weight excluding hydrogens is 526 g/mol. The van der Waals surface area contributed by atoms with Gasteiger partial charge in [-0.3, -0.25) is 9.59 Å². The molecule has 4 rings (SSSR count). The summed E-state index contributed by atoms with van der Waals surface area (Å²) in [7, 11) is 7.19. The highest BCUT2D eigenvalue weighted by molar-refractivity contribution is 6.59. The molecule has 0 bridgehead atoms. The first-order chi connectivity index (χ1) is 18.2. The summed E-state index contributed by atoms with van der Waals surface area (Å²) in [4.78, 5) is 35.5. The Kier molecular flexibility index (Phi) is 7.89. The zero-order chi connectivity index (χ0) is 28.7. The summed E-state index contributed by atoms with van der Waals surface area (Å²) in [6.07, 6.45) is 1.44. The van der Waals surface area contributed by atoms with Crippen molar-refractivity contribution < 1.29 is 18.3 Å². The molecule has 3 aromatic rings. The van der Waals surface area contributed by atoms with Crippen molar-refractivity contribution in [2.24, 2.45) is 18.9 Å². The van der Waals surface area contributed by atoms with Gasteiger partial charge in [0.05, 0.1) is 11.7 Å². The second-order valence-electron chi connectivity index (χ2n) is 11.1. The largest absolute Gasteiger partial charge is 0.478 e. The standard InChI is InChI=1S/C24H30B3ClF2N6O3/c1-12-9-36(10-13(2)23(12,29)30)22-31-8-16(28)20(33-22)32-15-4-5-17-14(6-15)7-18(21(38)35(17)3)39-11-19(37)34-24(25,26)27/h4-8,12-13H,9-11,25-27H2,1-3H3,(H,34,37)(H,31,32,33)/t12-,13+. The molecule has 15 heteroatoms. The number of alkyl halides is 2. The topological polar surface area (TPSA) is 101 Å². The van der Waals surface area contributed by atoms with E-state index < -0.39 is 23.0 Å². The predicted molar refractivity (Wildman–Crippen MR) is 157 cm³/mol. The first-order valence-electron chi connectivity index (χ1n) is 12.7. The SMILES string of the molecule is BC(B)(B)NC(=O)COc1cc2cc(Nc3nc(N4C[C@@H](C)C(F)(F)[C@@H](C)C4)ncc3Cl)ccc2n(C)c1=O. The maximum atomic E-state index is 14.3. The Morgan fingerprint density at radius 1 is 1.23 bits per heavy atom. The molecule has 3 heterocycles. The fourth-order valence-corrected chi connectivity index (χ4v) is 4.73. The van der Waals surface area contributed by atoms with Crippen molar-refractivity contribution in [1.29, 1.82) is 0 Å². The first-order valence-corrected chi connectivity index (χ1v) is 13.0. The summed E-state index contributed by atoms with van der Waals surface area (Å²) in [5, 5.41) is 6.47. The zero-order valence-corrected chi connectivity index (χ0v) is 23.6. The normalized spacial score (nSPS) is 19.1. The van der Waals surface area contributed by atoms with Gasteiger partial charge in [0.25, 0.3) is 17.4 Å². The minimum Gasteiger partial charge on any atom is -0.478 e. The van der Waals surface area contributed by atoms with E-state index in [1.165, 1.54) is 24.6 Å². The molecule has 1 saturated heterocycles. The number of ether oxygens (including phenoxy) is 1. The van der Waals surface area contributed by atoms with E-state index in [4.69, 9.17) is 16.3 Å². The number of hydrogen-bond donors (Lipinski definition) is 2. The number of hydrogen-bond acceptors (Lipinski definition) is 7. The lowest BCUT2D eigenvalue weighted by molar-refractivity contribution is -0.123. The van der Waals surface area contributed by atoms with Crippen molar-refractivity contribution in [3.05, 3.63) is 45.8 Å². The highest BCUT2D eigenvalue weighted by atomic mass is 35.5. The van der Waals surface area contributed by atoms with Gasteiger partial charge in [0, 0.05) is 43.0 Å². The van der Waals surface area contributed by atoms with Crippen molar-refractivity contribution >= 4 is 69.4 Å². The molecule has 1 fully saturated rings. The van der Waals surface area contributed by atoms with Gasteiger partial charge in [-0.25, -0.2) is 13.8 Å². The van der Waals surface area contributed by atoms with E-state index in [1.807, 2.05) is 23.5 Å². The third-order valence-electron chi connectivity index (χ3n) is 6.64. The van der Waals surface area contributed by atoms with Gasteiger partial charge in [-0.05, 0) is 29.5 Å². The summed E-state index contributed by atoms with van der Waals surface area (Å²) < 4.78 is 35.6. The van der Waals surface area contributed by atoms with E-state index in [9.17, 15) is 18.4 Å². The number of carbonyl (C=O) groups excluding carboxylic acids is 1. The van der Waals surface area contributed by atoms with Gasteiger partial charge in [0.1, 0.15) is 28.6 Å². The number of amides is 1. The van der Waals surface area contributed by atoms with Crippen LogP contribution in [0.5, 0.6) is 5.75 Å². The lowest BCUT2D eigenvalue weighted by atomic mass is 9.49. The number of aromatic nitrogens is 3. The quantitative estimate of drug-likeness (QED) is 0.408. The maximum Gasteiger partial charge on any atom is 0.293 e. The molecule has 0 saturated carbocycles. The van der Waals surface area contributed by atoms with E-state index in [2.05, 4.69) is 20.6 Å². The maximum absolute atomic E-state index is 14.3. The molecule has 1 aromatic carbocycles. The van der Waals surface area contributed by atoms with E-state index in [0.717, 1.165) is 0 Å². The van der Waals surface area contributed by atoms with Crippen LogP contribution in [-0.2, 0) is 11.8 Å². The molecule has 9 nitrogen and oxygen atoms in total. The van der Waals surface area contributed by atoms with Crippen molar-refractivity contribution in [1.82, 2.24) is 19.9 Å². The Morgan fingerprint density at radius 3 is 2.54 bits per heavy atom. The molecular formula is C24H30B3ClF2N6O3. The summed E-state index contributed by atoms with van der Waals surface area (Å²) in [5.41, 5.74) is 0.908. The molecule has 1 aliphatic rings. The molecule has 0 radical (unpaired) electrons. The molecule has 1 aliphatic heterocycles. The van der Waals surface area contributed by atoms with Gasteiger partial charge in [-0.15, -0.1) is 0 Å². The van der Waals surface area contributed by atoms with Crippen molar-refractivity contribution in [2.45, 2.75) is 25.0 Å². The second kappa shape index (κ2) is 10.7. The molecule has 1 amide bonds. The molecule has 2 aromatic heterocycles. The Bertz CT molecular complexity index is 1460. The number of carbonyl (C=O) groups is 1. The third-order valence-corrected chi connectivity index (χ3v) is 6.92. The molecule has 204 valence electrons. The van der Waals surface area contributed by atoms with E-state index in [0.29, 0.717) is 28.4 Å². The molecule has 2 N–H and O–H groups in total. The van der Waals surface area contributed by atoms with Crippen LogP contribution in [0.25, 0.3) is 10.9 Å². The number of benzene rings is 1. The fraction of sp³-hybridized carbons (Fsp3) is 0.417. The molecule has 0 unspecified atom stereocenters. The van der Waals surface area contributed by atoms with Crippen LogP contribution < -0.4 is 25.8 Å². The third kappa shape index (κ3) is 6.32. The monoisotopic (exact) mass is 556 g/mol. The number of halogens is 3. The van der Waals surface area contributed by atoms with Gasteiger partial charge in [0.15, 0.2) is 18.2 Å². The Hall–Kier alpha value is -3.28. The van der Waals surface area contributed by atoms with Crippen LogP contribution in [0.2, 0.25) is 5.02 Å². The first kappa shape index (κ1) is 28.7. The van der Waals surface area contributed by atoms with Gasteiger partial charge >= 0.3 is 0 Å². The number of anilines is 3. The van der Waals surface area contributed by atoms with Gasteiger partial charge in [-0.1, -0.05) is 25.4 Å². The number of nitrogens with zero attached hydrogens (tertiary/aromatic N) is 4. The van der Waals surface area contributed by atoms with Crippen LogP contribution in [0, 0.1) is 11.8 Å². The Morgan fingerprint density at radius 2 is 1.90 bits per heavy atom. The van der Waals surface area contributed by atoms with Crippen LogP contribution in [0.15, 0.2) is 35.3 Å². The highest BCUT2D eigenvalue weighted by Gasteiger charge is 2.47. The second-order valence-corrected chi connectivity index (χ2v) is 11.5. The van der Waals surface area contributed by atoms with Gasteiger partial charge in [-0.2, -0.15) is 4.98 Å². The minimum absolute atomic E-state index is 0.0405. The van der Waals surface area contributed by atoms with Crippen LogP contribution in [-0.4, -0.2) is 74.8 Å². The predicted octanol–water partition coefficient (Wildman–Crippen LogP) is 0.459. The van der Waals surface area contributed by atoms with Crippen LogP contribution in [0.1, 0.15) is 13.8 Å². The lowest BCUT2D eigenvalue weighted by Gasteiger charge is -2.41. The van der Waals surface area contributed by atoms with Gasteiger partial charge in [0.2, 0.25) is 5.95 Å². The number of aryl methyl sites for hydroxylation is 1. The van der Waals surface area contributed by atoms with E-state index >= 15 is 0 Å². The van der Waals surface area contributed by atoms with Crippen molar-refractivity contribution in [3.63, 3.8) is 0 Å². The number of rotatable bonds is 7. The average Bonchev–Trinajstić information content (AvgIpc) is 2.84. The molecule has 39 heavy (non-hydrogen) atoms. The number of pyridine rings is 1. The van der Waals surface area contributed by atoms with Crippen LogP contribution in [0.4, 0.5) is 26.2 Å². The smallest absolute Gasteiger partial charge is 0.293 e. The van der Waals surface area contributed by atoms with Crippen molar-refractivity contribution in [3.8, 4) is 5.75 Å².